The van der Waals surface area contributed by atoms with Gasteiger partial charge in [-0.1, -0.05) is 17.7 Å². The van der Waals surface area contributed by atoms with Crippen molar-refractivity contribution in [2.75, 3.05) is 17.1 Å². The van der Waals surface area contributed by atoms with Crippen LogP contribution in [-0.2, 0) is 10.0 Å². The van der Waals surface area contributed by atoms with Crippen molar-refractivity contribution >= 4 is 33.0 Å². The van der Waals surface area contributed by atoms with E-state index in [2.05, 4.69) is 15.0 Å². The van der Waals surface area contributed by atoms with E-state index in [1.807, 2.05) is 6.92 Å². The van der Waals surface area contributed by atoms with Crippen molar-refractivity contribution in [1.29, 1.82) is 0 Å². The largest absolute Gasteiger partial charge is 0.387 e. The molecule has 5 nitrogen and oxygen atoms in total. The Kier molecular flexibility index (Phi) is 4.15. The molecule has 0 amide bonds. The molecule has 2 N–H and O–H groups in total. The van der Waals surface area contributed by atoms with Crippen LogP contribution in [-0.4, -0.2) is 20.4 Å². The zero-order valence-corrected chi connectivity index (χ0v) is 12.6. The minimum atomic E-state index is -3.72. The van der Waals surface area contributed by atoms with Gasteiger partial charge in [-0.3, -0.25) is 9.71 Å². The van der Waals surface area contributed by atoms with Gasteiger partial charge in [-0.05, 0) is 30.7 Å². The van der Waals surface area contributed by atoms with Gasteiger partial charge in [0.05, 0.1) is 11.4 Å². The second-order valence-electron chi connectivity index (χ2n) is 4.19. The number of pyridine rings is 1. The third-order valence-electron chi connectivity index (χ3n) is 2.77. The minimum absolute atomic E-state index is 0.0826. The summed E-state index contributed by atoms with van der Waals surface area (Å²) < 4.78 is 27.2. The average molecular weight is 312 g/mol. The van der Waals surface area contributed by atoms with E-state index in [-0.39, 0.29) is 4.90 Å². The average Bonchev–Trinajstić information content (AvgIpc) is 2.42. The molecule has 1 aromatic carbocycles. The van der Waals surface area contributed by atoms with Gasteiger partial charge >= 0.3 is 0 Å². The van der Waals surface area contributed by atoms with E-state index in [1.165, 1.54) is 12.4 Å². The molecule has 0 unspecified atom stereocenters. The number of hydrogen-bond donors (Lipinski definition) is 2. The van der Waals surface area contributed by atoms with Crippen LogP contribution in [0.1, 0.15) is 5.56 Å². The molecule has 0 fully saturated rings. The van der Waals surface area contributed by atoms with Crippen LogP contribution in [0.15, 0.2) is 41.6 Å². The van der Waals surface area contributed by atoms with Crippen LogP contribution < -0.4 is 10.0 Å². The number of nitrogens with zero attached hydrogens (tertiary/aromatic N) is 1. The molecule has 7 heteroatoms. The molecule has 1 heterocycles. The highest BCUT2D eigenvalue weighted by molar-refractivity contribution is 7.92. The summed E-state index contributed by atoms with van der Waals surface area (Å²) in [4.78, 5) is 3.93. The Balaban J connectivity index is 2.38. The van der Waals surface area contributed by atoms with Crippen molar-refractivity contribution in [3.8, 4) is 0 Å². The van der Waals surface area contributed by atoms with E-state index in [0.717, 1.165) is 5.56 Å². The summed E-state index contributed by atoms with van der Waals surface area (Å²) in [7, 11) is -2.07. The molecule has 20 heavy (non-hydrogen) atoms. The second-order valence-corrected chi connectivity index (χ2v) is 6.25. The van der Waals surface area contributed by atoms with Crippen molar-refractivity contribution in [3.63, 3.8) is 0 Å². The highest BCUT2D eigenvalue weighted by Gasteiger charge is 2.18. The fourth-order valence-electron chi connectivity index (χ4n) is 1.67. The van der Waals surface area contributed by atoms with Crippen LogP contribution in [0.4, 0.5) is 11.4 Å². The molecule has 0 radical (unpaired) electrons. The number of benzene rings is 1. The number of hydrogen-bond acceptors (Lipinski definition) is 4. The molecule has 0 saturated carbocycles. The highest BCUT2D eigenvalue weighted by Crippen LogP contribution is 2.25. The molecule has 0 aliphatic rings. The van der Waals surface area contributed by atoms with E-state index < -0.39 is 10.0 Å². The zero-order valence-electron chi connectivity index (χ0n) is 11.0. The molecule has 0 atom stereocenters. The first-order valence-electron chi connectivity index (χ1n) is 5.85. The van der Waals surface area contributed by atoms with Gasteiger partial charge in [0.1, 0.15) is 4.90 Å². The predicted octanol–water partition coefficient (Wildman–Crippen LogP) is 2.89. The van der Waals surface area contributed by atoms with E-state index in [9.17, 15) is 8.42 Å². The lowest BCUT2D eigenvalue weighted by Crippen LogP contribution is -2.15. The van der Waals surface area contributed by atoms with E-state index in [0.29, 0.717) is 16.4 Å². The van der Waals surface area contributed by atoms with Crippen molar-refractivity contribution in [2.24, 2.45) is 0 Å². The van der Waals surface area contributed by atoms with Gasteiger partial charge in [0, 0.05) is 24.5 Å². The van der Waals surface area contributed by atoms with Crippen LogP contribution in [0.3, 0.4) is 0 Å². The minimum Gasteiger partial charge on any atom is -0.387 e. The number of halogens is 1. The first kappa shape index (κ1) is 14.6. The maximum absolute atomic E-state index is 12.3. The lowest BCUT2D eigenvalue weighted by Gasteiger charge is -2.12. The molecule has 0 aliphatic carbocycles. The third-order valence-corrected chi connectivity index (χ3v) is 4.58. The SMILES string of the molecule is CNc1ccncc1S(=O)(=O)Nc1ccc(C)c(Cl)c1. The Morgan fingerprint density at radius 1 is 1.25 bits per heavy atom. The van der Waals surface area contributed by atoms with Gasteiger partial charge in [-0.2, -0.15) is 0 Å². The van der Waals surface area contributed by atoms with Crippen molar-refractivity contribution < 1.29 is 8.42 Å². The lowest BCUT2D eigenvalue weighted by molar-refractivity contribution is 0.601. The molecule has 1 aromatic heterocycles. The summed E-state index contributed by atoms with van der Waals surface area (Å²) in [6.45, 7) is 1.85. The van der Waals surface area contributed by atoms with Crippen LogP contribution in [0.5, 0.6) is 0 Å². The van der Waals surface area contributed by atoms with Gasteiger partial charge in [-0.15, -0.1) is 0 Å². The van der Waals surface area contributed by atoms with Crippen molar-refractivity contribution in [2.45, 2.75) is 11.8 Å². The standard InChI is InChI=1S/C13H14ClN3O2S/c1-9-3-4-10(7-11(9)14)17-20(18,19)13-8-16-6-5-12(13)15-2/h3-8,17H,1-2H3,(H,15,16). The smallest absolute Gasteiger partial charge is 0.265 e. The third kappa shape index (κ3) is 3.02. The molecule has 2 rings (SSSR count). The quantitative estimate of drug-likeness (QED) is 0.911. The number of sulfonamides is 1. The summed E-state index contributed by atoms with van der Waals surface area (Å²) in [6.07, 6.45) is 2.82. The molecule has 0 bridgehead atoms. The summed E-state index contributed by atoms with van der Waals surface area (Å²) in [6, 6.07) is 6.58. The Morgan fingerprint density at radius 2 is 2.00 bits per heavy atom. The summed E-state index contributed by atoms with van der Waals surface area (Å²) in [5, 5.41) is 3.33. The summed E-state index contributed by atoms with van der Waals surface area (Å²) >= 11 is 5.99. The van der Waals surface area contributed by atoms with Crippen molar-refractivity contribution in [3.05, 3.63) is 47.2 Å². The first-order chi connectivity index (χ1) is 9.44. The number of aryl methyl sites for hydroxylation is 1. The topological polar surface area (TPSA) is 71.1 Å². The maximum atomic E-state index is 12.3. The normalized spacial score (nSPS) is 11.2. The van der Waals surface area contributed by atoms with E-state index in [4.69, 9.17) is 11.6 Å². The van der Waals surface area contributed by atoms with Crippen LogP contribution in [0.2, 0.25) is 5.02 Å². The first-order valence-corrected chi connectivity index (χ1v) is 7.71. The highest BCUT2D eigenvalue weighted by atomic mass is 35.5. The Hall–Kier alpha value is -1.79. The number of aromatic nitrogens is 1. The van der Waals surface area contributed by atoms with Crippen LogP contribution >= 0.6 is 11.6 Å². The monoisotopic (exact) mass is 311 g/mol. The molecular weight excluding hydrogens is 298 g/mol. The molecule has 0 aliphatic heterocycles. The van der Waals surface area contributed by atoms with Gasteiger partial charge in [0.25, 0.3) is 10.0 Å². The number of nitrogens with one attached hydrogen (secondary N) is 2. The Labute approximate surface area is 123 Å². The Morgan fingerprint density at radius 3 is 2.65 bits per heavy atom. The molecular formula is C13H14ClN3O2S. The van der Waals surface area contributed by atoms with Gasteiger partial charge < -0.3 is 5.32 Å². The predicted molar refractivity (Wildman–Crippen MR) is 80.8 cm³/mol. The van der Waals surface area contributed by atoms with E-state index >= 15 is 0 Å². The number of anilines is 2. The fourth-order valence-corrected chi connectivity index (χ4v) is 3.05. The molecule has 106 valence electrons. The van der Waals surface area contributed by atoms with Gasteiger partial charge in [-0.25, -0.2) is 8.42 Å². The summed E-state index contributed by atoms with van der Waals surface area (Å²) in [5.41, 5.74) is 1.77. The van der Waals surface area contributed by atoms with Gasteiger partial charge in [0.15, 0.2) is 0 Å². The van der Waals surface area contributed by atoms with Gasteiger partial charge in [0.2, 0.25) is 0 Å². The van der Waals surface area contributed by atoms with Crippen molar-refractivity contribution in [1.82, 2.24) is 4.98 Å². The van der Waals surface area contributed by atoms with Crippen LogP contribution in [0, 0.1) is 6.92 Å². The molecule has 0 saturated heterocycles. The fraction of sp³-hybridized carbons (Fsp3) is 0.154. The zero-order chi connectivity index (χ0) is 14.8. The lowest BCUT2D eigenvalue weighted by atomic mass is 10.2. The number of rotatable bonds is 4. The molecule has 0 spiro atoms. The van der Waals surface area contributed by atoms with E-state index in [1.54, 1.807) is 31.3 Å². The molecule has 2 aromatic rings. The Bertz CT molecular complexity index is 732. The second kappa shape index (κ2) is 5.68. The summed E-state index contributed by atoms with van der Waals surface area (Å²) in [5.74, 6) is 0. The van der Waals surface area contributed by atoms with Crippen LogP contribution in [0.25, 0.3) is 0 Å². The maximum Gasteiger partial charge on any atom is 0.265 e.